The number of primary amides is 1. The molecule has 0 unspecified atom stereocenters. The third-order valence-electron chi connectivity index (χ3n) is 10.8. The second kappa shape index (κ2) is 6.56. The van der Waals surface area contributed by atoms with Crippen LogP contribution in [0.4, 0.5) is 5.69 Å². The van der Waals surface area contributed by atoms with Crippen LogP contribution in [-0.2, 0) is 16.1 Å². The van der Waals surface area contributed by atoms with E-state index in [1.165, 1.54) is 16.8 Å². The van der Waals surface area contributed by atoms with Gasteiger partial charge < -0.3 is 26.4 Å². The molecule has 10 rings (SSSR count). The normalized spacial score (nSPS) is 36.4. The molecule has 6 saturated carbocycles. The number of fused-ring (bicyclic) bond motifs is 2. The molecule has 0 saturated heterocycles. The SMILES string of the molecule is NC(=O)C12C3C4C1C1C2C3C41CNC(=O)c1cc(C(=O)NCc2ccc3c(c2)NC(=O)CO3)nc2ccnn12. The van der Waals surface area contributed by atoms with Gasteiger partial charge in [-0.3, -0.25) is 19.2 Å². The Bertz CT molecular complexity index is 1660. The predicted molar refractivity (Wildman–Crippen MR) is 132 cm³/mol. The molecule has 39 heavy (non-hydrogen) atoms. The van der Waals surface area contributed by atoms with Crippen molar-refractivity contribution in [2.75, 3.05) is 18.5 Å². The van der Waals surface area contributed by atoms with Crippen LogP contribution < -0.4 is 26.4 Å². The number of rotatable bonds is 7. The summed E-state index contributed by atoms with van der Waals surface area (Å²) in [6.45, 7) is 0.732. The van der Waals surface area contributed by atoms with E-state index in [1.807, 2.05) is 0 Å². The highest BCUT2D eigenvalue weighted by Crippen LogP contribution is 3.10. The van der Waals surface area contributed by atoms with Crippen molar-refractivity contribution in [1.29, 1.82) is 0 Å². The Labute approximate surface area is 220 Å². The minimum absolute atomic E-state index is 0.0258. The monoisotopic (exact) mass is 525 g/mol. The number of nitrogens with one attached hydrogen (secondary N) is 3. The van der Waals surface area contributed by atoms with Crippen LogP contribution >= 0.6 is 0 Å². The van der Waals surface area contributed by atoms with Gasteiger partial charge >= 0.3 is 0 Å². The van der Waals surface area contributed by atoms with E-state index in [0.717, 1.165) is 5.56 Å². The smallest absolute Gasteiger partial charge is 0.270 e. The molecule has 2 aromatic heterocycles. The maximum atomic E-state index is 13.3. The summed E-state index contributed by atoms with van der Waals surface area (Å²) in [4.78, 5) is 54.4. The highest BCUT2D eigenvalue weighted by molar-refractivity contribution is 5.99. The average molecular weight is 526 g/mol. The van der Waals surface area contributed by atoms with Gasteiger partial charge in [-0.15, -0.1) is 0 Å². The average Bonchev–Trinajstić information content (AvgIpc) is 3.42. The molecule has 3 aromatic rings. The minimum atomic E-state index is -0.441. The molecule has 3 heterocycles. The van der Waals surface area contributed by atoms with Crippen LogP contribution in [-0.4, -0.2) is 51.4 Å². The van der Waals surface area contributed by atoms with Gasteiger partial charge in [0, 0.05) is 25.2 Å². The molecular weight excluding hydrogens is 502 g/mol. The van der Waals surface area contributed by atoms with Gasteiger partial charge in [0.2, 0.25) is 5.91 Å². The number of ether oxygens (including phenoxy) is 1. The Hall–Kier alpha value is -4.48. The Morgan fingerprint density at radius 3 is 2.56 bits per heavy atom. The van der Waals surface area contributed by atoms with Gasteiger partial charge in [0.1, 0.15) is 17.1 Å². The molecule has 12 nitrogen and oxygen atoms in total. The zero-order chi connectivity index (χ0) is 26.4. The number of benzene rings is 1. The van der Waals surface area contributed by atoms with Gasteiger partial charge in [-0.05, 0) is 58.6 Å². The fourth-order valence-corrected chi connectivity index (χ4v) is 9.63. The first kappa shape index (κ1) is 21.5. The molecule has 0 spiro atoms. The summed E-state index contributed by atoms with van der Waals surface area (Å²) in [5, 5.41) is 12.9. The summed E-state index contributed by atoms with van der Waals surface area (Å²) in [5.74, 6) is 2.28. The molecule has 6 aliphatic carbocycles. The number of hydrogen-bond acceptors (Lipinski definition) is 7. The second-order valence-electron chi connectivity index (χ2n) is 11.7. The zero-order valence-electron chi connectivity index (χ0n) is 20.5. The predicted octanol–water partition coefficient (Wildman–Crippen LogP) is -0.0567. The largest absolute Gasteiger partial charge is 0.482 e. The summed E-state index contributed by atoms with van der Waals surface area (Å²) in [6.07, 6.45) is 1.53. The highest BCUT2D eigenvalue weighted by Gasteiger charge is 3.10. The molecule has 1 aliphatic heterocycles. The van der Waals surface area contributed by atoms with Crippen LogP contribution in [0.15, 0.2) is 36.5 Å². The molecule has 7 aliphatic rings. The second-order valence-corrected chi connectivity index (χ2v) is 11.7. The van der Waals surface area contributed by atoms with Crippen molar-refractivity contribution in [3.8, 4) is 5.75 Å². The van der Waals surface area contributed by atoms with E-state index in [1.54, 1.807) is 24.3 Å². The fourth-order valence-electron chi connectivity index (χ4n) is 9.63. The van der Waals surface area contributed by atoms with E-state index in [9.17, 15) is 19.2 Å². The number of carbonyl (C=O) groups is 4. The van der Waals surface area contributed by atoms with Gasteiger partial charge in [-0.25, -0.2) is 9.50 Å². The van der Waals surface area contributed by atoms with E-state index in [-0.39, 0.29) is 53.1 Å². The quantitative estimate of drug-likeness (QED) is 0.335. The number of anilines is 1. The van der Waals surface area contributed by atoms with Crippen LogP contribution in [0.2, 0.25) is 0 Å². The minimum Gasteiger partial charge on any atom is -0.482 e. The van der Waals surface area contributed by atoms with Gasteiger partial charge in [-0.2, -0.15) is 5.10 Å². The van der Waals surface area contributed by atoms with E-state index in [0.29, 0.717) is 59.1 Å². The maximum absolute atomic E-state index is 13.3. The van der Waals surface area contributed by atoms with E-state index < -0.39 is 5.91 Å². The van der Waals surface area contributed by atoms with Crippen molar-refractivity contribution in [1.82, 2.24) is 25.2 Å². The van der Waals surface area contributed by atoms with Crippen molar-refractivity contribution < 1.29 is 23.9 Å². The lowest BCUT2D eigenvalue weighted by Crippen LogP contribution is -3.12. The Kier molecular flexibility index (Phi) is 3.61. The van der Waals surface area contributed by atoms with Crippen LogP contribution in [0, 0.1) is 46.3 Å². The van der Waals surface area contributed by atoms with Crippen molar-refractivity contribution in [2.45, 2.75) is 6.54 Å². The third-order valence-corrected chi connectivity index (χ3v) is 10.8. The van der Waals surface area contributed by atoms with Crippen LogP contribution in [0.3, 0.4) is 0 Å². The van der Waals surface area contributed by atoms with Crippen LogP contribution in [0.1, 0.15) is 26.5 Å². The van der Waals surface area contributed by atoms with Gasteiger partial charge in [0.25, 0.3) is 17.7 Å². The van der Waals surface area contributed by atoms with Gasteiger partial charge in [-0.1, -0.05) is 6.07 Å². The summed E-state index contributed by atoms with van der Waals surface area (Å²) in [7, 11) is 0. The van der Waals surface area contributed by atoms with Crippen molar-refractivity contribution in [3.63, 3.8) is 0 Å². The molecule has 1 aromatic carbocycles. The number of nitrogens with zero attached hydrogens (tertiary/aromatic N) is 3. The molecular formula is C27H23N7O5. The summed E-state index contributed by atoms with van der Waals surface area (Å²) < 4.78 is 6.80. The van der Waals surface area contributed by atoms with Crippen LogP contribution in [0.25, 0.3) is 5.65 Å². The van der Waals surface area contributed by atoms with Gasteiger partial charge in [0.15, 0.2) is 12.3 Å². The molecule has 0 atom stereocenters. The molecule has 4 amide bonds. The molecule has 196 valence electrons. The Morgan fingerprint density at radius 2 is 1.82 bits per heavy atom. The number of aromatic nitrogens is 3. The number of carbonyl (C=O) groups excluding carboxylic acids is 4. The summed E-state index contributed by atoms with van der Waals surface area (Å²) in [5.41, 5.74) is 7.68. The molecule has 5 N–H and O–H groups in total. The van der Waals surface area contributed by atoms with Gasteiger partial charge in [0.05, 0.1) is 17.3 Å². The zero-order valence-corrected chi connectivity index (χ0v) is 20.5. The lowest BCUT2D eigenvalue weighted by molar-refractivity contribution is -0.638. The van der Waals surface area contributed by atoms with E-state index in [4.69, 9.17) is 10.5 Å². The first-order valence-electron chi connectivity index (χ1n) is 13.1. The molecule has 0 radical (unpaired) electrons. The summed E-state index contributed by atoms with van der Waals surface area (Å²) >= 11 is 0. The maximum Gasteiger partial charge on any atom is 0.270 e. The van der Waals surface area contributed by atoms with E-state index in [2.05, 4.69) is 26.0 Å². The fraction of sp³-hybridized carbons (Fsp3) is 0.407. The molecule has 12 heteroatoms. The van der Waals surface area contributed by atoms with Crippen LogP contribution in [0.5, 0.6) is 5.75 Å². The molecule has 0 bridgehead atoms. The molecule has 6 fully saturated rings. The topological polar surface area (TPSA) is 170 Å². The number of hydrogen-bond donors (Lipinski definition) is 4. The number of nitrogens with two attached hydrogens (primary N) is 1. The lowest BCUT2D eigenvalue weighted by Gasteiger charge is -3.10. The summed E-state index contributed by atoms with van der Waals surface area (Å²) in [6, 6.07) is 8.38. The van der Waals surface area contributed by atoms with Crippen molar-refractivity contribution >= 4 is 35.0 Å². The van der Waals surface area contributed by atoms with E-state index >= 15 is 0 Å². The standard InChI is InChI=1S/C27H23N7O5/c28-25(38)27-20-17-21(27)19-22(27)18(20)26(17,19)9-30-24(37)13-6-12(32-15-3-4-31-34(13)15)23(36)29-7-10-1-2-14-11(5-10)33-16(35)8-39-14/h1-6,17-22H,7-9H2,(H2,28,38)(H,29,36)(H,30,37)(H,33,35). The van der Waals surface area contributed by atoms with Crippen molar-refractivity contribution in [2.24, 2.45) is 52.1 Å². The number of amides is 4. The Balaban J connectivity index is 0.905. The first-order valence-corrected chi connectivity index (χ1v) is 13.1. The lowest BCUT2D eigenvalue weighted by atomic mass is 8.92. The third kappa shape index (κ3) is 2.15. The Morgan fingerprint density at radius 1 is 1.05 bits per heavy atom. The highest BCUT2D eigenvalue weighted by atomic mass is 16.5. The first-order chi connectivity index (χ1) is 18.9. The van der Waals surface area contributed by atoms with Crippen molar-refractivity contribution in [3.05, 3.63) is 53.5 Å².